The molecule has 0 atom stereocenters. The number of fused-ring (bicyclic) bond motifs is 1. The molecular formula is C16H16NO2S. The first-order valence-corrected chi connectivity index (χ1v) is 8.08. The number of hydrogen-bond donors (Lipinski definition) is 1. The fourth-order valence-electron chi connectivity index (χ4n) is 2.47. The van der Waals surface area contributed by atoms with Gasteiger partial charge in [0.15, 0.2) is 0 Å². The van der Waals surface area contributed by atoms with Gasteiger partial charge in [0, 0.05) is 0 Å². The van der Waals surface area contributed by atoms with Crippen molar-refractivity contribution in [2.24, 2.45) is 0 Å². The van der Waals surface area contributed by atoms with Gasteiger partial charge in [-0.1, -0.05) is 42.0 Å². The van der Waals surface area contributed by atoms with Gasteiger partial charge in [0.05, 0.1) is 10.9 Å². The van der Waals surface area contributed by atoms with Crippen molar-refractivity contribution in [3.05, 3.63) is 71.3 Å². The van der Waals surface area contributed by atoms with Gasteiger partial charge in [-0.3, -0.25) is 0 Å². The van der Waals surface area contributed by atoms with E-state index < -0.39 is 10.0 Å². The standard InChI is InChI=1S/C16H16NO2S/c1-12-6-9-14(10-7-12)20(18,19)17-16-11-8-13-4-2-3-5-15(13)16/h2-7,9-10,17H,8,11H2,1H3. The molecule has 103 valence electrons. The number of sulfonamides is 1. The summed E-state index contributed by atoms with van der Waals surface area (Å²) in [6.45, 7) is 1.94. The van der Waals surface area contributed by atoms with Gasteiger partial charge in [0.2, 0.25) is 10.0 Å². The van der Waals surface area contributed by atoms with Crippen LogP contribution in [0.5, 0.6) is 0 Å². The maximum absolute atomic E-state index is 12.4. The van der Waals surface area contributed by atoms with Crippen LogP contribution in [0.2, 0.25) is 0 Å². The van der Waals surface area contributed by atoms with Crippen LogP contribution in [0.1, 0.15) is 23.1 Å². The molecule has 0 aromatic heterocycles. The first-order chi connectivity index (χ1) is 9.56. The zero-order chi connectivity index (χ0) is 14.2. The molecule has 1 aliphatic rings. The van der Waals surface area contributed by atoms with Gasteiger partial charge in [-0.2, -0.15) is 4.72 Å². The minimum absolute atomic E-state index is 0.306. The Hall–Kier alpha value is -1.65. The minimum Gasteiger partial charge on any atom is -0.207 e. The fourth-order valence-corrected chi connectivity index (χ4v) is 3.62. The van der Waals surface area contributed by atoms with Crippen molar-refractivity contribution in [2.45, 2.75) is 24.7 Å². The van der Waals surface area contributed by atoms with E-state index in [9.17, 15) is 8.42 Å². The predicted octanol–water partition coefficient (Wildman–Crippen LogP) is 2.80. The molecule has 0 saturated heterocycles. The Morgan fingerprint density at radius 2 is 1.65 bits per heavy atom. The maximum Gasteiger partial charge on any atom is 0.241 e. The molecular weight excluding hydrogens is 270 g/mol. The molecule has 0 unspecified atom stereocenters. The van der Waals surface area contributed by atoms with E-state index in [-0.39, 0.29) is 0 Å². The van der Waals surface area contributed by atoms with Crippen molar-refractivity contribution >= 4 is 10.0 Å². The Balaban J connectivity index is 1.86. The van der Waals surface area contributed by atoms with Gasteiger partial charge < -0.3 is 0 Å². The fraction of sp³-hybridized carbons (Fsp3) is 0.188. The minimum atomic E-state index is -3.49. The molecule has 3 nitrogen and oxygen atoms in total. The summed E-state index contributed by atoms with van der Waals surface area (Å²) in [6, 6.07) is 15.6. The third-order valence-electron chi connectivity index (χ3n) is 3.58. The molecule has 2 aromatic carbocycles. The third kappa shape index (κ3) is 2.49. The van der Waals surface area contributed by atoms with Gasteiger partial charge in [-0.25, -0.2) is 8.42 Å². The lowest BCUT2D eigenvalue weighted by molar-refractivity contribution is 0.583. The highest BCUT2D eigenvalue weighted by Gasteiger charge is 2.27. The smallest absolute Gasteiger partial charge is 0.207 e. The van der Waals surface area contributed by atoms with Crippen molar-refractivity contribution in [3.8, 4) is 0 Å². The molecule has 1 radical (unpaired) electrons. The van der Waals surface area contributed by atoms with E-state index in [1.54, 1.807) is 12.1 Å². The van der Waals surface area contributed by atoms with E-state index >= 15 is 0 Å². The van der Waals surface area contributed by atoms with Crippen molar-refractivity contribution in [2.75, 3.05) is 0 Å². The summed E-state index contributed by atoms with van der Waals surface area (Å²) in [6.07, 6.45) is 1.63. The van der Waals surface area contributed by atoms with Crippen LogP contribution in [-0.2, 0) is 16.4 Å². The van der Waals surface area contributed by atoms with Crippen molar-refractivity contribution in [3.63, 3.8) is 0 Å². The molecule has 2 aromatic rings. The van der Waals surface area contributed by atoms with Gasteiger partial charge in [-0.05, 0) is 43.0 Å². The van der Waals surface area contributed by atoms with Crippen LogP contribution in [0.4, 0.5) is 0 Å². The van der Waals surface area contributed by atoms with Gasteiger partial charge in [-0.15, -0.1) is 0 Å². The average Bonchev–Trinajstić information content (AvgIpc) is 2.82. The molecule has 1 N–H and O–H groups in total. The highest BCUT2D eigenvalue weighted by molar-refractivity contribution is 7.89. The molecule has 0 fully saturated rings. The van der Waals surface area contributed by atoms with Crippen molar-refractivity contribution < 1.29 is 8.42 Å². The molecule has 0 heterocycles. The van der Waals surface area contributed by atoms with Gasteiger partial charge in [0.25, 0.3) is 0 Å². The zero-order valence-electron chi connectivity index (χ0n) is 11.3. The van der Waals surface area contributed by atoms with Crippen molar-refractivity contribution in [1.29, 1.82) is 0 Å². The second-order valence-corrected chi connectivity index (χ2v) is 6.74. The maximum atomic E-state index is 12.4. The van der Waals surface area contributed by atoms with E-state index in [0.29, 0.717) is 4.90 Å². The summed E-state index contributed by atoms with van der Waals surface area (Å²) in [5, 5.41) is 0. The van der Waals surface area contributed by atoms with E-state index in [1.807, 2.05) is 43.3 Å². The second kappa shape index (κ2) is 5.04. The number of nitrogens with one attached hydrogen (secondary N) is 1. The molecule has 4 heteroatoms. The topological polar surface area (TPSA) is 46.2 Å². The lowest BCUT2D eigenvalue weighted by atomic mass is 10.1. The highest BCUT2D eigenvalue weighted by Crippen LogP contribution is 2.31. The summed E-state index contributed by atoms with van der Waals surface area (Å²) >= 11 is 0. The number of hydrogen-bond acceptors (Lipinski definition) is 2. The Labute approximate surface area is 119 Å². The normalized spacial score (nSPS) is 15.2. The molecule has 0 saturated carbocycles. The van der Waals surface area contributed by atoms with E-state index in [0.717, 1.165) is 30.0 Å². The van der Waals surface area contributed by atoms with Crippen LogP contribution in [0.25, 0.3) is 0 Å². The molecule has 0 aliphatic heterocycles. The summed E-state index contributed by atoms with van der Waals surface area (Å²) in [7, 11) is -3.49. The van der Waals surface area contributed by atoms with E-state index in [1.165, 1.54) is 5.56 Å². The largest absolute Gasteiger partial charge is 0.241 e. The van der Waals surface area contributed by atoms with Gasteiger partial charge >= 0.3 is 0 Å². The Kier molecular flexibility index (Phi) is 3.36. The molecule has 0 spiro atoms. The SMILES string of the molecule is Cc1ccc(S(=O)(=O)N[C]2CCc3ccccc32)cc1. The molecule has 1 aliphatic carbocycles. The lowest BCUT2D eigenvalue weighted by Crippen LogP contribution is -2.28. The van der Waals surface area contributed by atoms with E-state index in [2.05, 4.69) is 4.72 Å². The first-order valence-electron chi connectivity index (χ1n) is 6.60. The zero-order valence-corrected chi connectivity index (χ0v) is 12.1. The quantitative estimate of drug-likeness (QED) is 0.943. The Morgan fingerprint density at radius 1 is 0.950 bits per heavy atom. The van der Waals surface area contributed by atoms with Crippen molar-refractivity contribution in [1.82, 2.24) is 4.72 Å². The molecule has 3 rings (SSSR count). The third-order valence-corrected chi connectivity index (χ3v) is 4.98. The number of rotatable bonds is 3. The number of aryl methyl sites for hydroxylation is 2. The highest BCUT2D eigenvalue weighted by atomic mass is 32.2. The monoisotopic (exact) mass is 286 g/mol. The molecule has 20 heavy (non-hydrogen) atoms. The van der Waals surface area contributed by atoms with Crippen LogP contribution >= 0.6 is 0 Å². The first kappa shape index (κ1) is 13.3. The van der Waals surface area contributed by atoms with Gasteiger partial charge in [0.1, 0.15) is 0 Å². The second-order valence-electron chi connectivity index (χ2n) is 5.05. The van der Waals surface area contributed by atoms with Crippen LogP contribution in [-0.4, -0.2) is 8.42 Å². The molecule has 0 amide bonds. The summed E-state index contributed by atoms with van der Waals surface area (Å²) in [5.74, 6) is 0. The predicted molar refractivity (Wildman–Crippen MR) is 78.6 cm³/mol. The average molecular weight is 286 g/mol. The summed E-state index contributed by atoms with van der Waals surface area (Å²) in [5.41, 5.74) is 3.26. The van der Waals surface area contributed by atoms with Crippen LogP contribution < -0.4 is 4.72 Å². The Bertz CT molecular complexity index is 720. The van der Waals surface area contributed by atoms with Crippen LogP contribution in [0, 0.1) is 13.0 Å². The lowest BCUT2D eigenvalue weighted by Gasteiger charge is -2.13. The van der Waals surface area contributed by atoms with E-state index in [4.69, 9.17) is 0 Å². The number of benzene rings is 2. The summed E-state index contributed by atoms with van der Waals surface area (Å²) < 4.78 is 27.5. The van der Waals surface area contributed by atoms with Crippen LogP contribution in [0.15, 0.2) is 53.4 Å². The Morgan fingerprint density at radius 3 is 2.40 bits per heavy atom. The molecule has 0 bridgehead atoms. The van der Waals surface area contributed by atoms with Crippen LogP contribution in [0.3, 0.4) is 0 Å². The summed E-state index contributed by atoms with van der Waals surface area (Å²) in [4.78, 5) is 0.306.